The summed E-state index contributed by atoms with van der Waals surface area (Å²) in [5, 5.41) is 3.12. The molecule has 0 bridgehead atoms. The fourth-order valence-corrected chi connectivity index (χ4v) is 3.80. The number of piperidine rings is 1. The Morgan fingerprint density at radius 3 is 2.52 bits per heavy atom. The van der Waals surface area contributed by atoms with Crippen molar-refractivity contribution in [3.8, 4) is 5.75 Å². The summed E-state index contributed by atoms with van der Waals surface area (Å²) in [6.45, 7) is 15.4. The molecule has 2 atom stereocenters. The van der Waals surface area contributed by atoms with Crippen LogP contribution in [0.15, 0.2) is 24.3 Å². The summed E-state index contributed by atoms with van der Waals surface area (Å²) in [5.41, 5.74) is 0.494. The standard InChI is InChI=1S/C22H36N2O3/c1-6-26-11-12-27-20-10-8-7-9-19(20)21(25)23-16-22(4,5)24-14-17(2)13-18(3)15-24/h7-10,17-18H,6,11-16H2,1-5H3,(H,23,25). The summed E-state index contributed by atoms with van der Waals surface area (Å²) in [6, 6.07) is 7.39. The molecule has 1 N–H and O–H groups in total. The van der Waals surface area contributed by atoms with Crippen LogP contribution in [-0.2, 0) is 4.74 Å². The summed E-state index contributed by atoms with van der Waals surface area (Å²) in [6.07, 6.45) is 1.28. The Labute approximate surface area is 164 Å². The number of likely N-dealkylation sites (tertiary alicyclic amines) is 1. The van der Waals surface area contributed by atoms with Crippen molar-refractivity contribution in [2.75, 3.05) is 39.5 Å². The zero-order valence-corrected chi connectivity index (χ0v) is 17.6. The predicted octanol–water partition coefficient (Wildman–Crippen LogP) is 3.59. The molecule has 1 amide bonds. The van der Waals surface area contributed by atoms with Crippen LogP contribution in [0.25, 0.3) is 0 Å². The van der Waals surface area contributed by atoms with E-state index in [2.05, 4.69) is 37.9 Å². The predicted molar refractivity (Wildman–Crippen MR) is 109 cm³/mol. The van der Waals surface area contributed by atoms with Gasteiger partial charge in [-0.2, -0.15) is 0 Å². The van der Waals surface area contributed by atoms with Crippen molar-refractivity contribution in [2.24, 2.45) is 11.8 Å². The molecule has 1 heterocycles. The lowest BCUT2D eigenvalue weighted by molar-refractivity contribution is 0.0444. The lowest BCUT2D eigenvalue weighted by atomic mass is 9.88. The summed E-state index contributed by atoms with van der Waals surface area (Å²) in [7, 11) is 0. The third-order valence-electron chi connectivity index (χ3n) is 5.23. The van der Waals surface area contributed by atoms with Gasteiger partial charge in [-0.15, -0.1) is 0 Å². The molecule has 1 aromatic rings. The van der Waals surface area contributed by atoms with Gasteiger partial charge in [0.25, 0.3) is 5.91 Å². The SMILES string of the molecule is CCOCCOc1ccccc1C(=O)NCC(C)(C)N1CC(C)CC(C)C1. The van der Waals surface area contributed by atoms with E-state index >= 15 is 0 Å². The van der Waals surface area contributed by atoms with Crippen molar-refractivity contribution < 1.29 is 14.3 Å². The second kappa shape index (κ2) is 10.1. The Bertz CT molecular complexity index is 593. The van der Waals surface area contributed by atoms with E-state index in [1.165, 1.54) is 6.42 Å². The van der Waals surface area contributed by atoms with Crippen LogP contribution in [0.5, 0.6) is 5.75 Å². The van der Waals surface area contributed by atoms with Gasteiger partial charge in [-0.1, -0.05) is 26.0 Å². The minimum atomic E-state index is -0.0896. The number of carbonyl (C=O) groups is 1. The Hall–Kier alpha value is -1.59. The maximum absolute atomic E-state index is 12.8. The molecule has 1 aliphatic heterocycles. The first kappa shape index (κ1) is 21.7. The second-order valence-electron chi connectivity index (χ2n) is 8.39. The molecule has 0 aromatic heterocycles. The molecule has 1 aromatic carbocycles. The van der Waals surface area contributed by atoms with Gasteiger partial charge >= 0.3 is 0 Å². The first-order chi connectivity index (χ1) is 12.8. The molecule has 2 rings (SSSR count). The highest BCUT2D eigenvalue weighted by molar-refractivity contribution is 5.96. The van der Waals surface area contributed by atoms with Crippen LogP contribution in [0.4, 0.5) is 0 Å². The van der Waals surface area contributed by atoms with E-state index in [0.717, 1.165) is 13.1 Å². The molecule has 5 nitrogen and oxygen atoms in total. The molecule has 0 spiro atoms. The molecule has 152 valence electrons. The van der Waals surface area contributed by atoms with E-state index < -0.39 is 0 Å². The summed E-state index contributed by atoms with van der Waals surface area (Å²) >= 11 is 0. The number of ether oxygens (including phenoxy) is 2. The molecular formula is C22H36N2O3. The largest absolute Gasteiger partial charge is 0.490 e. The molecule has 0 radical (unpaired) electrons. The fourth-order valence-electron chi connectivity index (χ4n) is 3.80. The zero-order chi connectivity index (χ0) is 19.9. The van der Waals surface area contributed by atoms with Gasteiger partial charge in [0.2, 0.25) is 0 Å². The summed E-state index contributed by atoms with van der Waals surface area (Å²) in [4.78, 5) is 15.3. The molecule has 27 heavy (non-hydrogen) atoms. The second-order valence-corrected chi connectivity index (χ2v) is 8.39. The molecule has 1 saturated heterocycles. The van der Waals surface area contributed by atoms with E-state index in [1.807, 2.05) is 31.2 Å². The number of hydrogen-bond donors (Lipinski definition) is 1. The van der Waals surface area contributed by atoms with Crippen LogP contribution < -0.4 is 10.1 Å². The third-order valence-corrected chi connectivity index (χ3v) is 5.23. The van der Waals surface area contributed by atoms with Crippen LogP contribution in [0.1, 0.15) is 51.4 Å². The van der Waals surface area contributed by atoms with Crippen LogP contribution in [0.3, 0.4) is 0 Å². The summed E-state index contributed by atoms with van der Waals surface area (Å²) < 4.78 is 11.0. The van der Waals surface area contributed by atoms with Crippen molar-refractivity contribution in [3.05, 3.63) is 29.8 Å². The number of hydrogen-bond acceptors (Lipinski definition) is 4. The molecule has 5 heteroatoms. The van der Waals surface area contributed by atoms with Gasteiger partial charge in [0.05, 0.1) is 12.2 Å². The Morgan fingerprint density at radius 1 is 1.19 bits per heavy atom. The molecule has 0 aliphatic carbocycles. The topological polar surface area (TPSA) is 50.8 Å². The molecule has 0 saturated carbocycles. The number of nitrogens with zero attached hydrogens (tertiary/aromatic N) is 1. The maximum atomic E-state index is 12.8. The highest BCUT2D eigenvalue weighted by Crippen LogP contribution is 2.27. The molecule has 2 unspecified atom stereocenters. The van der Waals surface area contributed by atoms with E-state index in [-0.39, 0.29) is 11.4 Å². The van der Waals surface area contributed by atoms with Crippen LogP contribution in [-0.4, -0.2) is 55.8 Å². The van der Waals surface area contributed by atoms with Crippen LogP contribution >= 0.6 is 0 Å². The third kappa shape index (κ3) is 6.51. The van der Waals surface area contributed by atoms with Crippen molar-refractivity contribution in [1.82, 2.24) is 10.2 Å². The average molecular weight is 377 g/mol. The van der Waals surface area contributed by atoms with Crippen LogP contribution in [0, 0.1) is 11.8 Å². The van der Waals surface area contributed by atoms with Crippen molar-refractivity contribution in [2.45, 2.75) is 46.6 Å². The van der Waals surface area contributed by atoms with Gasteiger partial charge in [-0.25, -0.2) is 0 Å². The molecular weight excluding hydrogens is 340 g/mol. The highest BCUT2D eigenvalue weighted by Gasteiger charge is 2.33. The van der Waals surface area contributed by atoms with Crippen LogP contribution in [0.2, 0.25) is 0 Å². The van der Waals surface area contributed by atoms with Crippen molar-refractivity contribution in [3.63, 3.8) is 0 Å². The van der Waals surface area contributed by atoms with E-state index in [1.54, 1.807) is 0 Å². The van der Waals surface area contributed by atoms with E-state index in [4.69, 9.17) is 9.47 Å². The van der Waals surface area contributed by atoms with Gasteiger partial charge in [0, 0.05) is 31.8 Å². The fraction of sp³-hybridized carbons (Fsp3) is 0.682. The van der Waals surface area contributed by atoms with Gasteiger partial charge in [-0.05, 0) is 51.2 Å². The van der Waals surface area contributed by atoms with E-state index in [9.17, 15) is 4.79 Å². The first-order valence-electron chi connectivity index (χ1n) is 10.2. The Balaban J connectivity index is 1.94. The minimum Gasteiger partial charge on any atom is -0.490 e. The number of carbonyl (C=O) groups excluding carboxylic acids is 1. The normalized spacial score (nSPS) is 21.1. The van der Waals surface area contributed by atoms with Gasteiger partial charge < -0.3 is 14.8 Å². The van der Waals surface area contributed by atoms with Gasteiger partial charge in [0.1, 0.15) is 12.4 Å². The zero-order valence-electron chi connectivity index (χ0n) is 17.6. The average Bonchev–Trinajstić information content (AvgIpc) is 2.63. The quantitative estimate of drug-likeness (QED) is 0.669. The van der Waals surface area contributed by atoms with Gasteiger partial charge in [-0.3, -0.25) is 9.69 Å². The number of rotatable bonds is 9. The highest BCUT2D eigenvalue weighted by atomic mass is 16.5. The number of nitrogens with one attached hydrogen (secondary N) is 1. The van der Waals surface area contributed by atoms with Crippen molar-refractivity contribution >= 4 is 5.91 Å². The Kier molecular flexibility index (Phi) is 8.11. The Morgan fingerprint density at radius 2 is 1.85 bits per heavy atom. The lowest BCUT2D eigenvalue weighted by Gasteiger charge is -2.45. The van der Waals surface area contributed by atoms with Gasteiger partial charge in [0.15, 0.2) is 0 Å². The van der Waals surface area contributed by atoms with E-state index in [0.29, 0.717) is 49.5 Å². The smallest absolute Gasteiger partial charge is 0.255 e. The monoisotopic (exact) mass is 376 g/mol. The summed E-state index contributed by atoms with van der Waals surface area (Å²) in [5.74, 6) is 1.91. The first-order valence-corrected chi connectivity index (χ1v) is 10.2. The number of benzene rings is 1. The lowest BCUT2D eigenvalue weighted by Crippen LogP contribution is -2.56. The van der Waals surface area contributed by atoms with Crippen molar-refractivity contribution in [1.29, 1.82) is 0 Å². The minimum absolute atomic E-state index is 0.0800. The number of para-hydroxylation sites is 1. The number of amides is 1. The molecule has 1 fully saturated rings. The maximum Gasteiger partial charge on any atom is 0.255 e. The molecule has 1 aliphatic rings.